The largest absolute Gasteiger partial charge is 0.476 e. The van der Waals surface area contributed by atoms with E-state index in [1.165, 1.54) is 10.7 Å². The maximum atomic E-state index is 12.9. The van der Waals surface area contributed by atoms with Crippen LogP contribution in [0.1, 0.15) is 47.3 Å². The minimum Gasteiger partial charge on any atom is -0.476 e. The van der Waals surface area contributed by atoms with Crippen molar-refractivity contribution >= 4 is 23.5 Å². The van der Waals surface area contributed by atoms with Crippen LogP contribution in [0.3, 0.4) is 0 Å². The average molecular weight is 498 g/mol. The van der Waals surface area contributed by atoms with E-state index in [1.807, 2.05) is 42.5 Å². The van der Waals surface area contributed by atoms with Gasteiger partial charge in [-0.2, -0.15) is 5.10 Å². The Bertz CT molecular complexity index is 1130. The van der Waals surface area contributed by atoms with Gasteiger partial charge in [0.15, 0.2) is 5.69 Å². The van der Waals surface area contributed by atoms with Crippen LogP contribution in [0.2, 0.25) is 5.02 Å². The Morgan fingerprint density at radius 1 is 1.03 bits per heavy atom. The van der Waals surface area contributed by atoms with Gasteiger partial charge >= 0.3 is 5.97 Å². The molecule has 0 spiro atoms. The van der Waals surface area contributed by atoms with Gasteiger partial charge in [-0.05, 0) is 36.1 Å². The molecule has 1 aromatic heterocycles. The number of ether oxygens (including phenoxy) is 2. The van der Waals surface area contributed by atoms with Crippen molar-refractivity contribution in [1.29, 1.82) is 0 Å². The molecule has 1 saturated carbocycles. The van der Waals surface area contributed by atoms with Crippen LogP contribution in [-0.2, 0) is 29.3 Å². The third-order valence-corrected chi connectivity index (χ3v) is 6.16. The lowest BCUT2D eigenvalue weighted by atomic mass is 9.92. The smallest absolute Gasteiger partial charge is 0.356 e. The van der Waals surface area contributed by atoms with E-state index in [2.05, 4.69) is 10.4 Å². The van der Waals surface area contributed by atoms with Crippen LogP contribution in [-0.4, -0.2) is 38.9 Å². The molecule has 0 bridgehead atoms. The summed E-state index contributed by atoms with van der Waals surface area (Å²) < 4.78 is 13.2. The van der Waals surface area contributed by atoms with E-state index >= 15 is 0 Å². The number of nitrogens with one attached hydrogen (secondary N) is 1. The predicted molar refractivity (Wildman–Crippen MR) is 130 cm³/mol. The summed E-state index contributed by atoms with van der Waals surface area (Å²) in [7, 11) is 0. The summed E-state index contributed by atoms with van der Waals surface area (Å²) in [5.41, 5.74) is 1.75. The van der Waals surface area contributed by atoms with Crippen molar-refractivity contribution in [3.63, 3.8) is 0 Å². The normalized spacial score (nSPS) is 17.6. The van der Waals surface area contributed by atoms with Crippen molar-refractivity contribution in [2.75, 3.05) is 0 Å². The number of rotatable bonds is 10. The van der Waals surface area contributed by atoms with Gasteiger partial charge in [-0.15, -0.1) is 0 Å². The van der Waals surface area contributed by atoms with Crippen LogP contribution in [0, 0.1) is 0 Å². The van der Waals surface area contributed by atoms with Crippen molar-refractivity contribution in [1.82, 2.24) is 15.1 Å². The maximum Gasteiger partial charge on any atom is 0.356 e. The Kier molecular flexibility index (Phi) is 8.39. The number of carbonyl (C=O) groups excluding carboxylic acids is 1. The monoisotopic (exact) mass is 497 g/mol. The fraction of sp³-hybridized carbons (Fsp3) is 0.346. The second kappa shape index (κ2) is 11.9. The van der Waals surface area contributed by atoms with Crippen molar-refractivity contribution in [2.24, 2.45) is 0 Å². The molecule has 4 rings (SSSR count). The number of halogens is 1. The Balaban J connectivity index is 1.38. The van der Waals surface area contributed by atoms with Gasteiger partial charge < -0.3 is 19.9 Å². The van der Waals surface area contributed by atoms with Crippen LogP contribution < -0.4 is 10.1 Å². The van der Waals surface area contributed by atoms with Gasteiger partial charge in [0.05, 0.1) is 18.8 Å². The second-order valence-corrected chi connectivity index (χ2v) is 8.98. The highest BCUT2D eigenvalue weighted by Gasteiger charge is 2.28. The zero-order valence-electron chi connectivity index (χ0n) is 19.2. The molecular weight excluding hydrogens is 470 g/mol. The first-order chi connectivity index (χ1) is 17.0. The molecule has 3 aromatic rings. The number of carboxylic acids is 1. The molecule has 1 heterocycles. The molecule has 0 unspecified atom stereocenters. The highest BCUT2D eigenvalue weighted by atomic mass is 35.5. The third kappa shape index (κ3) is 7.07. The van der Waals surface area contributed by atoms with E-state index in [1.54, 1.807) is 12.1 Å². The Morgan fingerprint density at radius 3 is 2.49 bits per heavy atom. The number of benzene rings is 2. The summed E-state index contributed by atoms with van der Waals surface area (Å²) in [6.45, 7) is 0.508. The number of carboxylic acid groups (broad SMARTS) is 1. The second-order valence-electron chi connectivity index (χ2n) is 8.54. The number of nitrogens with zero attached hydrogens (tertiary/aromatic N) is 2. The van der Waals surface area contributed by atoms with E-state index < -0.39 is 5.97 Å². The maximum absolute atomic E-state index is 12.9. The molecule has 0 radical (unpaired) electrons. The molecular formula is C26H28ClN3O5. The first-order valence-corrected chi connectivity index (χ1v) is 12.0. The highest BCUT2D eigenvalue weighted by molar-refractivity contribution is 6.30. The molecule has 0 aliphatic heterocycles. The van der Waals surface area contributed by atoms with Crippen LogP contribution in [0.25, 0.3) is 0 Å². The molecule has 1 aliphatic rings. The molecule has 9 heteroatoms. The zero-order chi connectivity index (χ0) is 24.6. The Labute approximate surface area is 208 Å². The van der Waals surface area contributed by atoms with Gasteiger partial charge in [0.2, 0.25) is 11.8 Å². The average Bonchev–Trinajstić information content (AvgIpc) is 3.26. The summed E-state index contributed by atoms with van der Waals surface area (Å²) in [5.74, 6) is -1.27. The molecule has 35 heavy (non-hydrogen) atoms. The van der Waals surface area contributed by atoms with Gasteiger partial charge in [-0.3, -0.25) is 4.79 Å². The lowest BCUT2D eigenvalue weighted by Crippen LogP contribution is -2.47. The van der Waals surface area contributed by atoms with Crippen LogP contribution >= 0.6 is 11.6 Å². The minimum absolute atomic E-state index is 0.0827. The van der Waals surface area contributed by atoms with Crippen molar-refractivity contribution in [3.8, 4) is 5.88 Å². The Hall–Kier alpha value is -3.36. The number of aromatic nitrogens is 2. The molecule has 1 fully saturated rings. The van der Waals surface area contributed by atoms with Gasteiger partial charge in [0.1, 0.15) is 13.2 Å². The molecule has 2 aromatic carbocycles. The first kappa shape index (κ1) is 24.8. The lowest BCUT2D eigenvalue weighted by molar-refractivity contribution is -0.124. The highest BCUT2D eigenvalue weighted by Crippen LogP contribution is 2.23. The molecule has 1 aliphatic carbocycles. The lowest BCUT2D eigenvalue weighted by Gasteiger charge is -2.32. The summed E-state index contributed by atoms with van der Waals surface area (Å²) in [4.78, 5) is 24.3. The third-order valence-electron chi connectivity index (χ3n) is 5.91. The number of aromatic carboxylic acids is 1. The van der Waals surface area contributed by atoms with Gasteiger partial charge in [-0.25, -0.2) is 9.48 Å². The SMILES string of the molecule is O=C(Cn1nc(C(=O)O)cc1OCc1ccc(Cl)cc1)N[C@H]1CCCC[C@@H]1OCc1ccccc1. The molecule has 0 saturated heterocycles. The predicted octanol–water partition coefficient (Wildman–Crippen LogP) is 4.46. The van der Waals surface area contributed by atoms with Crippen molar-refractivity contribution in [3.05, 3.63) is 82.5 Å². The molecule has 2 atom stereocenters. The van der Waals surface area contributed by atoms with Gasteiger partial charge in [0.25, 0.3) is 0 Å². The number of carbonyl (C=O) groups is 2. The van der Waals surface area contributed by atoms with Gasteiger partial charge in [-0.1, -0.05) is 66.9 Å². The molecule has 8 nitrogen and oxygen atoms in total. The van der Waals surface area contributed by atoms with Crippen LogP contribution in [0.4, 0.5) is 0 Å². The van der Waals surface area contributed by atoms with E-state index in [0.717, 1.165) is 36.8 Å². The summed E-state index contributed by atoms with van der Waals surface area (Å²) in [6.07, 6.45) is 3.68. The molecule has 1 amide bonds. The summed E-state index contributed by atoms with van der Waals surface area (Å²) >= 11 is 5.92. The summed E-state index contributed by atoms with van der Waals surface area (Å²) in [6, 6.07) is 18.2. The number of hydrogen-bond donors (Lipinski definition) is 2. The van der Waals surface area contributed by atoms with Gasteiger partial charge in [0, 0.05) is 11.1 Å². The fourth-order valence-corrected chi connectivity index (χ4v) is 4.22. The molecule has 184 valence electrons. The summed E-state index contributed by atoms with van der Waals surface area (Å²) in [5, 5.41) is 17.1. The quantitative estimate of drug-likeness (QED) is 0.429. The Morgan fingerprint density at radius 2 is 1.74 bits per heavy atom. The van der Waals surface area contributed by atoms with E-state index in [4.69, 9.17) is 21.1 Å². The fourth-order valence-electron chi connectivity index (χ4n) is 4.10. The van der Waals surface area contributed by atoms with E-state index in [0.29, 0.717) is 11.6 Å². The van der Waals surface area contributed by atoms with Crippen LogP contribution in [0.5, 0.6) is 5.88 Å². The minimum atomic E-state index is -1.19. The number of hydrogen-bond acceptors (Lipinski definition) is 5. The van der Waals surface area contributed by atoms with Crippen molar-refractivity contribution in [2.45, 2.75) is 57.6 Å². The van der Waals surface area contributed by atoms with Crippen molar-refractivity contribution < 1.29 is 24.2 Å². The van der Waals surface area contributed by atoms with Crippen LogP contribution in [0.15, 0.2) is 60.7 Å². The first-order valence-electron chi connectivity index (χ1n) is 11.6. The number of amides is 1. The molecule has 2 N–H and O–H groups in total. The zero-order valence-corrected chi connectivity index (χ0v) is 20.0. The standard InChI is InChI=1S/C26H28ClN3O5/c27-20-12-10-19(11-13-20)17-35-25-14-22(26(32)33)29-30(25)15-24(31)28-21-8-4-5-9-23(21)34-16-18-6-2-1-3-7-18/h1-3,6-7,10-14,21,23H,4-5,8-9,15-17H2,(H,28,31)(H,32,33)/t21-,23-/m0/s1. The topological polar surface area (TPSA) is 103 Å². The van der Waals surface area contributed by atoms with E-state index in [9.17, 15) is 14.7 Å². The van der Waals surface area contributed by atoms with E-state index in [-0.39, 0.29) is 42.8 Å².